The number of nitrogens with zero attached hydrogens (tertiary/aromatic N) is 1. The summed E-state index contributed by atoms with van der Waals surface area (Å²) in [5, 5.41) is 3.60. The molecule has 1 saturated heterocycles. The Hall–Kier alpha value is -1.26. The van der Waals surface area contributed by atoms with E-state index in [9.17, 15) is 4.79 Å². The van der Waals surface area contributed by atoms with Crippen LogP contribution in [-0.2, 0) is 0 Å². The molecule has 1 heterocycles. The lowest BCUT2D eigenvalue weighted by Crippen LogP contribution is -2.30. The average Bonchev–Trinajstić information content (AvgIpc) is 2.86. The highest BCUT2D eigenvalue weighted by Gasteiger charge is 2.29. The van der Waals surface area contributed by atoms with E-state index in [0.29, 0.717) is 22.3 Å². The summed E-state index contributed by atoms with van der Waals surface area (Å²) in [5.41, 5.74) is 0.469. The van der Waals surface area contributed by atoms with E-state index in [0.717, 1.165) is 26.1 Å². The van der Waals surface area contributed by atoms with E-state index in [1.807, 2.05) is 11.9 Å². The van der Waals surface area contributed by atoms with E-state index >= 15 is 0 Å². The third-order valence-corrected chi connectivity index (χ3v) is 3.79. The maximum absolute atomic E-state index is 12.5. The fraction of sp³-hybridized carbons (Fsp3) is 0.500. The zero-order valence-electron chi connectivity index (χ0n) is 11.3. The van der Waals surface area contributed by atoms with Crippen LogP contribution in [0.2, 0.25) is 5.02 Å². The van der Waals surface area contributed by atoms with Crippen molar-refractivity contribution in [3.8, 4) is 5.75 Å². The van der Waals surface area contributed by atoms with Crippen molar-refractivity contribution in [3.63, 3.8) is 0 Å². The Morgan fingerprint density at radius 3 is 3.05 bits per heavy atom. The Morgan fingerprint density at radius 2 is 2.37 bits per heavy atom. The monoisotopic (exact) mass is 282 g/mol. The van der Waals surface area contributed by atoms with Crippen molar-refractivity contribution in [2.75, 3.05) is 33.8 Å². The number of benzene rings is 1. The molecule has 1 N–H and O–H groups in total. The Kier molecular flexibility index (Phi) is 4.66. The van der Waals surface area contributed by atoms with Gasteiger partial charge in [-0.15, -0.1) is 0 Å². The third kappa shape index (κ3) is 3.01. The topological polar surface area (TPSA) is 41.6 Å². The second kappa shape index (κ2) is 6.26. The average molecular weight is 283 g/mol. The van der Waals surface area contributed by atoms with Crippen molar-refractivity contribution in [1.29, 1.82) is 0 Å². The van der Waals surface area contributed by atoms with Gasteiger partial charge in [0.2, 0.25) is 0 Å². The van der Waals surface area contributed by atoms with Gasteiger partial charge in [0.1, 0.15) is 11.3 Å². The Labute approximate surface area is 118 Å². The van der Waals surface area contributed by atoms with E-state index in [-0.39, 0.29) is 5.91 Å². The SMILES string of the molecule is CNC[C@H]1CCN(C(=O)c2c(Cl)cccc2OC)C1. The number of methoxy groups -OCH3 is 1. The van der Waals surface area contributed by atoms with Crippen molar-refractivity contribution in [3.05, 3.63) is 28.8 Å². The van der Waals surface area contributed by atoms with Crippen molar-refractivity contribution in [2.45, 2.75) is 6.42 Å². The Balaban J connectivity index is 2.17. The minimum Gasteiger partial charge on any atom is -0.496 e. The van der Waals surface area contributed by atoms with Gasteiger partial charge in [0.25, 0.3) is 5.91 Å². The molecule has 0 unspecified atom stereocenters. The van der Waals surface area contributed by atoms with Gasteiger partial charge in [-0.2, -0.15) is 0 Å². The molecule has 1 fully saturated rings. The van der Waals surface area contributed by atoms with Gasteiger partial charge in [-0.25, -0.2) is 0 Å². The van der Waals surface area contributed by atoms with Crippen molar-refractivity contribution in [1.82, 2.24) is 10.2 Å². The minimum atomic E-state index is -0.0407. The quantitative estimate of drug-likeness (QED) is 0.919. The molecule has 1 aliphatic heterocycles. The maximum Gasteiger partial charge on any atom is 0.259 e. The number of amides is 1. The molecule has 0 bridgehead atoms. The van der Waals surface area contributed by atoms with Crippen LogP contribution < -0.4 is 10.1 Å². The van der Waals surface area contributed by atoms with Gasteiger partial charge in [0.15, 0.2) is 0 Å². The number of carbonyl (C=O) groups is 1. The van der Waals surface area contributed by atoms with Crippen molar-refractivity contribution < 1.29 is 9.53 Å². The van der Waals surface area contributed by atoms with Gasteiger partial charge < -0.3 is 15.0 Å². The molecule has 0 aliphatic carbocycles. The van der Waals surface area contributed by atoms with Crippen LogP contribution >= 0.6 is 11.6 Å². The van der Waals surface area contributed by atoms with Crippen LogP contribution in [0.1, 0.15) is 16.8 Å². The lowest BCUT2D eigenvalue weighted by atomic mass is 10.1. The first-order chi connectivity index (χ1) is 9.17. The predicted octanol–water partition coefficient (Wildman–Crippen LogP) is 2.03. The third-order valence-electron chi connectivity index (χ3n) is 3.48. The van der Waals surface area contributed by atoms with Crippen LogP contribution in [0.5, 0.6) is 5.75 Å². The molecule has 1 atom stereocenters. The number of hydrogen-bond donors (Lipinski definition) is 1. The molecule has 5 heteroatoms. The molecular weight excluding hydrogens is 264 g/mol. The molecule has 0 spiro atoms. The zero-order valence-corrected chi connectivity index (χ0v) is 12.0. The molecule has 1 aromatic carbocycles. The number of likely N-dealkylation sites (tertiary alicyclic amines) is 1. The maximum atomic E-state index is 12.5. The largest absolute Gasteiger partial charge is 0.496 e. The van der Waals surface area contributed by atoms with E-state index in [1.54, 1.807) is 25.3 Å². The van der Waals surface area contributed by atoms with Gasteiger partial charge in [0, 0.05) is 13.1 Å². The first kappa shape index (κ1) is 14.2. The molecule has 2 rings (SSSR count). The summed E-state index contributed by atoms with van der Waals surface area (Å²) < 4.78 is 5.24. The lowest BCUT2D eigenvalue weighted by molar-refractivity contribution is 0.0784. The van der Waals surface area contributed by atoms with Crippen LogP contribution in [0, 0.1) is 5.92 Å². The van der Waals surface area contributed by atoms with Gasteiger partial charge in [-0.1, -0.05) is 17.7 Å². The number of carbonyl (C=O) groups excluding carboxylic acids is 1. The van der Waals surface area contributed by atoms with Crippen LogP contribution in [0.4, 0.5) is 0 Å². The fourth-order valence-electron chi connectivity index (χ4n) is 2.51. The summed E-state index contributed by atoms with van der Waals surface area (Å²) in [7, 11) is 3.48. The first-order valence-electron chi connectivity index (χ1n) is 6.43. The summed E-state index contributed by atoms with van der Waals surface area (Å²) >= 11 is 6.14. The summed E-state index contributed by atoms with van der Waals surface area (Å²) in [4.78, 5) is 14.4. The standard InChI is InChI=1S/C14H19ClN2O2/c1-16-8-10-6-7-17(9-10)14(18)13-11(15)4-3-5-12(13)19-2/h3-5,10,16H,6-9H2,1-2H3/t10-/m1/s1. The highest BCUT2D eigenvalue weighted by Crippen LogP contribution is 2.29. The van der Waals surface area contributed by atoms with E-state index in [2.05, 4.69) is 5.32 Å². The van der Waals surface area contributed by atoms with E-state index in [4.69, 9.17) is 16.3 Å². The Bertz CT molecular complexity index is 465. The summed E-state index contributed by atoms with van der Waals surface area (Å²) in [6.45, 7) is 2.48. The second-order valence-corrected chi connectivity index (χ2v) is 5.19. The molecule has 4 nitrogen and oxygen atoms in total. The van der Waals surface area contributed by atoms with Crippen molar-refractivity contribution >= 4 is 17.5 Å². The van der Waals surface area contributed by atoms with Crippen LogP contribution in [0.15, 0.2) is 18.2 Å². The molecule has 0 aromatic heterocycles. The van der Waals surface area contributed by atoms with E-state index in [1.165, 1.54) is 0 Å². The smallest absolute Gasteiger partial charge is 0.259 e. The highest BCUT2D eigenvalue weighted by molar-refractivity contribution is 6.34. The van der Waals surface area contributed by atoms with Crippen LogP contribution in [-0.4, -0.2) is 44.6 Å². The van der Waals surface area contributed by atoms with Crippen LogP contribution in [0.3, 0.4) is 0 Å². The number of halogens is 1. The fourth-order valence-corrected chi connectivity index (χ4v) is 2.76. The molecule has 19 heavy (non-hydrogen) atoms. The molecule has 1 amide bonds. The van der Waals surface area contributed by atoms with E-state index < -0.39 is 0 Å². The van der Waals surface area contributed by atoms with Gasteiger partial charge in [0.05, 0.1) is 12.1 Å². The van der Waals surface area contributed by atoms with Gasteiger partial charge in [-0.05, 0) is 38.1 Å². The number of ether oxygens (including phenoxy) is 1. The summed E-state index contributed by atoms with van der Waals surface area (Å²) in [6.07, 6.45) is 1.03. The lowest BCUT2D eigenvalue weighted by Gasteiger charge is -2.19. The minimum absolute atomic E-state index is 0.0407. The molecule has 104 valence electrons. The normalized spacial score (nSPS) is 18.7. The van der Waals surface area contributed by atoms with Gasteiger partial charge in [-0.3, -0.25) is 4.79 Å². The number of rotatable bonds is 4. The molecule has 0 saturated carbocycles. The molecule has 1 aliphatic rings. The summed E-state index contributed by atoms with van der Waals surface area (Å²) in [6, 6.07) is 5.27. The second-order valence-electron chi connectivity index (χ2n) is 4.78. The van der Waals surface area contributed by atoms with Crippen molar-refractivity contribution in [2.24, 2.45) is 5.92 Å². The highest BCUT2D eigenvalue weighted by atomic mass is 35.5. The first-order valence-corrected chi connectivity index (χ1v) is 6.81. The van der Waals surface area contributed by atoms with Gasteiger partial charge >= 0.3 is 0 Å². The molecule has 0 radical (unpaired) electrons. The number of nitrogens with one attached hydrogen (secondary N) is 1. The zero-order chi connectivity index (χ0) is 13.8. The molecule has 1 aromatic rings. The molecular formula is C14H19ClN2O2. The predicted molar refractivity (Wildman–Crippen MR) is 75.9 cm³/mol. The number of hydrogen-bond acceptors (Lipinski definition) is 3. The van der Waals surface area contributed by atoms with Crippen LogP contribution in [0.25, 0.3) is 0 Å². The Morgan fingerprint density at radius 1 is 1.58 bits per heavy atom. The summed E-state index contributed by atoms with van der Waals surface area (Å²) in [5.74, 6) is 1.01.